The summed E-state index contributed by atoms with van der Waals surface area (Å²) in [6, 6.07) is 9.17. The molecule has 0 spiro atoms. The topological polar surface area (TPSA) is 26.0 Å². The summed E-state index contributed by atoms with van der Waals surface area (Å²) < 4.78 is 0. The molecule has 0 aromatic heterocycles. The predicted octanol–water partition coefficient (Wildman–Crippen LogP) is 3.93. The van der Waals surface area contributed by atoms with E-state index in [9.17, 15) is 0 Å². The van der Waals surface area contributed by atoms with Crippen molar-refractivity contribution in [1.82, 2.24) is 0 Å². The summed E-state index contributed by atoms with van der Waals surface area (Å²) >= 11 is 0. The lowest BCUT2D eigenvalue weighted by atomic mass is 9.79. The van der Waals surface area contributed by atoms with Gasteiger partial charge in [0.05, 0.1) is 0 Å². The Morgan fingerprint density at radius 1 is 1.00 bits per heavy atom. The van der Waals surface area contributed by atoms with E-state index in [1.807, 2.05) is 0 Å². The Hall–Kier alpha value is -0.820. The van der Waals surface area contributed by atoms with E-state index in [2.05, 4.69) is 31.2 Å². The van der Waals surface area contributed by atoms with Crippen LogP contribution in [0.15, 0.2) is 24.3 Å². The molecule has 0 bridgehead atoms. The van der Waals surface area contributed by atoms with E-state index in [1.165, 1.54) is 36.8 Å². The molecule has 0 radical (unpaired) electrons. The van der Waals surface area contributed by atoms with Gasteiger partial charge in [-0.15, -0.1) is 0 Å². The van der Waals surface area contributed by atoms with Gasteiger partial charge in [0.15, 0.2) is 0 Å². The highest BCUT2D eigenvalue weighted by Gasteiger charge is 2.39. The van der Waals surface area contributed by atoms with Gasteiger partial charge >= 0.3 is 0 Å². The largest absolute Gasteiger partial charge is 0.321 e. The number of rotatable bonds is 2. The molecule has 92 valence electrons. The second-order valence-electron chi connectivity index (χ2n) is 6.23. The van der Waals surface area contributed by atoms with Crippen LogP contribution in [-0.4, -0.2) is 0 Å². The van der Waals surface area contributed by atoms with Crippen molar-refractivity contribution in [2.45, 2.75) is 56.9 Å². The molecule has 0 saturated heterocycles. The molecule has 1 aromatic carbocycles. The van der Waals surface area contributed by atoms with Gasteiger partial charge in [-0.1, -0.05) is 44.0 Å². The molecule has 3 rings (SSSR count). The summed E-state index contributed by atoms with van der Waals surface area (Å²) in [5, 5.41) is 0. The van der Waals surface area contributed by atoms with Gasteiger partial charge in [0, 0.05) is 5.54 Å². The highest BCUT2D eigenvalue weighted by atomic mass is 14.8. The average Bonchev–Trinajstić information content (AvgIpc) is 3.10. The highest BCUT2D eigenvalue weighted by Crippen LogP contribution is 2.43. The van der Waals surface area contributed by atoms with Crippen LogP contribution in [-0.2, 0) is 5.54 Å². The molecule has 0 atom stereocenters. The number of nitrogens with two attached hydrogens (primary N) is 1. The maximum atomic E-state index is 6.21. The van der Waals surface area contributed by atoms with E-state index in [4.69, 9.17) is 5.73 Å². The molecule has 2 aliphatic carbocycles. The summed E-state index contributed by atoms with van der Waals surface area (Å²) in [7, 11) is 0. The summed E-state index contributed by atoms with van der Waals surface area (Å²) in [6.45, 7) is 2.38. The Morgan fingerprint density at radius 2 is 1.59 bits per heavy atom. The van der Waals surface area contributed by atoms with Crippen molar-refractivity contribution < 1.29 is 0 Å². The lowest BCUT2D eigenvalue weighted by molar-refractivity contribution is 0.348. The summed E-state index contributed by atoms with van der Waals surface area (Å²) in [6.07, 6.45) is 7.85. The smallest absolute Gasteiger partial charge is 0.0411 e. The summed E-state index contributed by atoms with van der Waals surface area (Å²) in [5.74, 6) is 1.73. The zero-order valence-corrected chi connectivity index (χ0v) is 10.8. The Kier molecular flexibility index (Phi) is 2.74. The van der Waals surface area contributed by atoms with Crippen molar-refractivity contribution in [2.24, 2.45) is 11.7 Å². The van der Waals surface area contributed by atoms with Gasteiger partial charge in [-0.3, -0.25) is 0 Å². The highest BCUT2D eigenvalue weighted by molar-refractivity contribution is 5.33. The van der Waals surface area contributed by atoms with Gasteiger partial charge in [0.25, 0.3) is 0 Å². The van der Waals surface area contributed by atoms with Gasteiger partial charge in [-0.25, -0.2) is 0 Å². The SMILES string of the molecule is CC1CCC(c2ccc(C3(N)CC3)cc2)CC1. The number of hydrogen-bond acceptors (Lipinski definition) is 1. The first-order chi connectivity index (χ1) is 8.17. The maximum absolute atomic E-state index is 6.21. The van der Waals surface area contributed by atoms with Crippen LogP contribution in [0.5, 0.6) is 0 Å². The standard InChI is InChI=1S/C16H23N/c1-12-2-4-13(5-3-12)14-6-8-15(9-7-14)16(17)10-11-16/h6-9,12-13H,2-5,10-11,17H2,1H3. The van der Waals surface area contributed by atoms with E-state index in [-0.39, 0.29) is 5.54 Å². The molecule has 2 fully saturated rings. The van der Waals surface area contributed by atoms with Gasteiger partial charge < -0.3 is 5.73 Å². The normalized spacial score (nSPS) is 31.2. The zero-order chi connectivity index (χ0) is 11.9. The molecule has 1 aromatic rings. The van der Waals surface area contributed by atoms with Crippen LogP contribution in [0.3, 0.4) is 0 Å². The molecule has 1 heteroatoms. The van der Waals surface area contributed by atoms with E-state index >= 15 is 0 Å². The third-order valence-electron chi connectivity index (χ3n) is 4.76. The van der Waals surface area contributed by atoms with E-state index < -0.39 is 0 Å². The fourth-order valence-electron chi connectivity index (χ4n) is 3.10. The lowest BCUT2D eigenvalue weighted by Gasteiger charge is -2.26. The van der Waals surface area contributed by atoms with Crippen molar-refractivity contribution in [3.8, 4) is 0 Å². The minimum Gasteiger partial charge on any atom is -0.321 e. The van der Waals surface area contributed by atoms with Crippen LogP contribution in [0.1, 0.15) is 62.5 Å². The Labute approximate surface area is 104 Å². The maximum Gasteiger partial charge on any atom is 0.0411 e. The monoisotopic (exact) mass is 229 g/mol. The predicted molar refractivity (Wildman–Crippen MR) is 71.9 cm³/mol. The van der Waals surface area contributed by atoms with E-state index in [1.54, 1.807) is 0 Å². The van der Waals surface area contributed by atoms with E-state index in [0.717, 1.165) is 24.7 Å². The molecule has 0 amide bonds. The van der Waals surface area contributed by atoms with Crippen molar-refractivity contribution in [1.29, 1.82) is 0 Å². The molecule has 17 heavy (non-hydrogen) atoms. The van der Waals surface area contributed by atoms with Crippen LogP contribution < -0.4 is 5.73 Å². The molecule has 2 saturated carbocycles. The third kappa shape index (κ3) is 2.26. The molecule has 0 heterocycles. The minimum atomic E-state index is 0.0274. The van der Waals surface area contributed by atoms with Gasteiger partial charge in [-0.2, -0.15) is 0 Å². The van der Waals surface area contributed by atoms with E-state index in [0.29, 0.717) is 0 Å². The van der Waals surface area contributed by atoms with Crippen molar-refractivity contribution in [3.05, 3.63) is 35.4 Å². The van der Waals surface area contributed by atoms with Crippen molar-refractivity contribution in [2.75, 3.05) is 0 Å². The first-order valence-corrected chi connectivity index (χ1v) is 7.07. The molecule has 0 unspecified atom stereocenters. The number of benzene rings is 1. The van der Waals surface area contributed by atoms with Crippen LogP contribution in [0.4, 0.5) is 0 Å². The Bertz CT molecular complexity index is 380. The number of hydrogen-bond donors (Lipinski definition) is 1. The average molecular weight is 229 g/mol. The van der Waals surface area contributed by atoms with Gasteiger partial charge in [0.1, 0.15) is 0 Å². The van der Waals surface area contributed by atoms with Crippen molar-refractivity contribution in [3.63, 3.8) is 0 Å². The fraction of sp³-hybridized carbons (Fsp3) is 0.625. The second-order valence-corrected chi connectivity index (χ2v) is 6.23. The first kappa shape index (κ1) is 11.3. The lowest BCUT2D eigenvalue weighted by Crippen LogP contribution is -2.18. The van der Waals surface area contributed by atoms with Crippen LogP contribution in [0.2, 0.25) is 0 Å². The van der Waals surface area contributed by atoms with Crippen molar-refractivity contribution >= 4 is 0 Å². The molecular weight excluding hydrogens is 206 g/mol. The van der Waals surface area contributed by atoms with Gasteiger partial charge in [-0.05, 0) is 48.6 Å². The van der Waals surface area contributed by atoms with Crippen LogP contribution in [0.25, 0.3) is 0 Å². The Morgan fingerprint density at radius 3 is 2.12 bits per heavy atom. The molecule has 0 aliphatic heterocycles. The van der Waals surface area contributed by atoms with Crippen LogP contribution >= 0.6 is 0 Å². The third-order valence-corrected chi connectivity index (χ3v) is 4.76. The molecule has 1 nitrogen and oxygen atoms in total. The second kappa shape index (κ2) is 4.13. The molecule has 2 aliphatic rings. The van der Waals surface area contributed by atoms with Gasteiger partial charge in [0.2, 0.25) is 0 Å². The molecule has 2 N–H and O–H groups in total. The Balaban J connectivity index is 1.71. The first-order valence-electron chi connectivity index (χ1n) is 7.07. The minimum absolute atomic E-state index is 0.0274. The summed E-state index contributed by atoms with van der Waals surface area (Å²) in [4.78, 5) is 0. The zero-order valence-electron chi connectivity index (χ0n) is 10.8. The fourth-order valence-corrected chi connectivity index (χ4v) is 3.10. The van der Waals surface area contributed by atoms with Crippen LogP contribution in [0, 0.1) is 5.92 Å². The molecular formula is C16H23N. The summed E-state index contributed by atoms with van der Waals surface area (Å²) in [5.41, 5.74) is 9.11. The quantitative estimate of drug-likeness (QED) is 0.817.